The topological polar surface area (TPSA) is 3.88 Å². The van der Waals surface area contributed by atoms with Crippen molar-refractivity contribution in [3.05, 3.63) is 54.0 Å². The zero-order chi connectivity index (χ0) is 13.9. The molecule has 1 aromatic heterocycles. The van der Waals surface area contributed by atoms with Gasteiger partial charge in [0.05, 0.1) is 5.56 Å². The average molecular weight is 282 g/mol. The molecule has 2 heterocycles. The Labute approximate surface area is 121 Å². The zero-order valence-corrected chi connectivity index (χ0v) is 12.1. The Morgan fingerprint density at radius 1 is 1.10 bits per heavy atom. The van der Waals surface area contributed by atoms with E-state index in [1.807, 2.05) is 17.7 Å². The fraction of sp³-hybridized carbons (Fsp3) is 0.118. The van der Waals surface area contributed by atoms with Crippen molar-refractivity contribution in [1.29, 1.82) is 0 Å². The van der Waals surface area contributed by atoms with Crippen LogP contribution < -0.4 is 4.57 Å². The quantitative estimate of drug-likeness (QED) is 0.436. The van der Waals surface area contributed by atoms with Gasteiger partial charge < -0.3 is 0 Å². The summed E-state index contributed by atoms with van der Waals surface area (Å²) in [5.41, 5.74) is 3.33. The van der Waals surface area contributed by atoms with Crippen molar-refractivity contribution >= 4 is 22.5 Å². The van der Waals surface area contributed by atoms with Crippen molar-refractivity contribution in [2.24, 2.45) is 7.05 Å². The number of nitrogens with zero attached hydrogens (tertiary/aromatic N) is 1. The maximum Gasteiger partial charge on any atom is 0.230 e. The minimum atomic E-state index is -0.144. The first-order chi connectivity index (χ1) is 9.66. The van der Waals surface area contributed by atoms with E-state index in [2.05, 4.69) is 31.2 Å². The molecule has 0 amide bonds. The Morgan fingerprint density at radius 2 is 1.95 bits per heavy atom. The second-order valence-electron chi connectivity index (χ2n) is 5.17. The number of hydrogen-bond acceptors (Lipinski definition) is 1. The first-order valence-electron chi connectivity index (χ1n) is 6.55. The molecule has 0 N–H and O–H groups in total. The molecule has 0 saturated heterocycles. The summed E-state index contributed by atoms with van der Waals surface area (Å²) < 4.78 is 16.2. The van der Waals surface area contributed by atoms with Crippen LogP contribution in [0.1, 0.15) is 5.56 Å². The molecule has 0 spiro atoms. The van der Waals surface area contributed by atoms with E-state index in [-0.39, 0.29) is 5.82 Å². The molecular weight excluding hydrogens is 269 g/mol. The molecule has 1 nitrogen and oxygen atoms in total. The standard InChI is InChI=1S/C17H13FNS/c1-10-6-7-11-4-3-5-13-15(11)14(10)16-17(20-13)12(18)8-9-19(16)2/h3-9H,1-2H3/q+1. The predicted molar refractivity (Wildman–Crippen MR) is 79.4 cm³/mol. The van der Waals surface area contributed by atoms with Gasteiger partial charge in [0.2, 0.25) is 5.69 Å². The molecule has 3 heteroatoms. The largest absolute Gasteiger partial charge is 0.230 e. The second kappa shape index (κ2) is 4.06. The third kappa shape index (κ3) is 1.47. The molecule has 0 unspecified atom stereocenters. The summed E-state index contributed by atoms with van der Waals surface area (Å²) in [6, 6.07) is 12.0. The van der Waals surface area contributed by atoms with Gasteiger partial charge in [-0.1, -0.05) is 36.0 Å². The highest BCUT2D eigenvalue weighted by Gasteiger charge is 2.30. The highest BCUT2D eigenvalue weighted by molar-refractivity contribution is 7.99. The van der Waals surface area contributed by atoms with Crippen molar-refractivity contribution in [3.8, 4) is 11.3 Å². The summed E-state index contributed by atoms with van der Waals surface area (Å²) in [5, 5.41) is 2.46. The molecule has 20 heavy (non-hydrogen) atoms. The molecular formula is C17H13FNS+. The highest BCUT2D eigenvalue weighted by Crippen LogP contribution is 2.48. The number of aromatic nitrogens is 1. The highest BCUT2D eigenvalue weighted by atomic mass is 32.2. The summed E-state index contributed by atoms with van der Waals surface area (Å²) >= 11 is 1.53. The van der Waals surface area contributed by atoms with E-state index in [9.17, 15) is 4.39 Å². The first kappa shape index (κ1) is 11.9. The van der Waals surface area contributed by atoms with E-state index >= 15 is 0 Å². The van der Waals surface area contributed by atoms with Gasteiger partial charge in [0.1, 0.15) is 17.8 Å². The van der Waals surface area contributed by atoms with Crippen LogP contribution in [-0.2, 0) is 7.05 Å². The average Bonchev–Trinajstić information content (AvgIpc) is 2.46. The molecule has 4 rings (SSSR count). The molecule has 0 fully saturated rings. The number of hydrogen-bond donors (Lipinski definition) is 0. The summed E-state index contributed by atoms with van der Waals surface area (Å²) in [4.78, 5) is 1.86. The van der Waals surface area contributed by atoms with Crippen molar-refractivity contribution in [2.45, 2.75) is 16.7 Å². The van der Waals surface area contributed by atoms with Crippen molar-refractivity contribution < 1.29 is 8.96 Å². The van der Waals surface area contributed by atoms with E-state index in [0.29, 0.717) is 0 Å². The van der Waals surface area contributed by atoms with E-state index < -0.39 is 0 Å². The van der Waals surface area contributed by atoms with Gasteiger partial charge in [-0.15, -0.1) is 0 Å². The molecule has 1 aliphatic heterocycles. The fourth-order valence-corrected chi connectivity index (χ4v) is 4.13. The zero-order valence-electron chi connectivity index (χ0n) is 11.3. The Morgan fingerprint density at radius 3 is 2.80 bits per heavy atom. The van der Waals surface area contributed by atoms with Gasteiger partial charge in [0.15, 0.2) is 6.20 Å². The fourth-order valence-electron chi connectivity index (χ4n) is 2.94. The van der Waals surface area contributed by atoms with Gasteiger partial charge >= 0.3 is 0 Å². The number of pyridine rings is 1. The van der Waals surface area contributed by atoms with Gasteiger partial charge in [-0.25, -0.2) is 4.39 Å². The molecule has 0 aliphatic carbocycles. The maximum atomic E-state index is 14.2. The van der Waals surface area contributed by atoms with Crippen LogP contribution in [0, 0.1) is 12.7 Å². The third-order valence-electron chi connectivity index (χ3n) is 3.89. The number of benzene rings is 2. The van der Waals surface area contributed by atoms with E-state index in [1.54, 1.807) is 6.20 Å². The lowest BCUT2D eigenvalue weighted by Gasteiger charge is -2.19. The normalized spacial score (nSPS) is 12.6. The summed E-state index contributed by atoms with van der Waals surface area (Å²) in [6.45, 7) is 2.09. The van der Waals surface area contributed by atoms with Crippen LogP contribution in [0.3, 0.4) is 0 Å². The number of fused-ring (bicyclic) bond motifs is 2. The van der Waals surface area contributed by atoms with E-state index in [1.165, 1.54) is 34.2 Å². The minimum Gasteiger partial charge on any atom is -0.205 e. The van der Waals surface area contributed by atoms with Crippen LogP contribution >= 0.6 is 11.8 Å². The minimum absolute atomic E-state index is 0.144. The number of rotatable bonds is 0. The molecule has 98 valence electrons. The first-order valence-corrected chi connectivity index (χ1v) is 7.37. The summed E-state index contributed by atoms with van der Waals surface area (Å²) in [7, 11) is 1.98. The Bertz CT molecular complexity index is 870. The SMILES string of the molecule is Cc1ccc2cccc3c2c1-c1c(c(F)cc[n+]1C)S3. The van der Waals surface area contributed by atoms with Crippen molar-refractivity contribution in [1.82, 2.24) is 0 Å². The molecule has 0 saturated carbocycles. The Hall–Kier alpha value is -1.87. The molecule has 2 aromatic carbocycles. The van der Waals surface area contributed by atoms with Gasteiger partial charge in [0.25, 0.3) is 0 Å². The van der Waals surface area contributed by atoms with Crippen LogP contribution in [0.25, 0.3) is 22.0 Å². The van der Waals surface area contributed by atoms with E-state index in [4.69, 9.17) is 0 Å². The van der Waals surface area contributed by atoms with Crippen LogP contribution in [0.5, 0.6) is 0 Å². The number of aryl methyl sites for hydroxylation is 2. The monoisotopic (exact) mass is 282 g/mol. The van der Waals surface area contributed by atoms with Gasteiger partial charge in [-0.2, -0.15) is 4.57 Å². The molecule has 3 aromatic rings. The second-order valence-corrected chi connectivity index (χ2v) is 6.22. The summed E-state index contributed by atoms with van der Waals surface area (Å²) in [6.07, 6.45) is 1.79. The third-order valence-corrected chi connectivity index (χ3v) is 5.05. The van der Waals surface area contributed by atoms with Crippen LogP contribution in [0.4, 0.5) is 4.39 Å². The van der Waals surface area contributed by atoms with Gasteiger partial charge in [-0.3, -0.25) is 0 Å². The van der Waals surface area contributed by atoms with Crippen molar-refractivity contribution in [3.63, 3.8) is 0 Å². The van der Waals surface area contributed by atoms with Gasteiger partial charge in [-0.05, 0) is 23.9 Å². The lowest BCUT2D eigenvalue weighted by molar-refractivity contribution is -0.662. The molecule has 0 atom stereocenters. The lowest BCUT2D eigenvalue weighted by atomic mass is 9.96. The maximum absolute atomic E-state index is 14.2. The summed E-state index contributed by atoms with van der Waals surface area (Å²) in [5.74, 6) is -0.144. The van der Waals surface area contributed by atoms with E-state index in [0.717, 1.165) is 21.0 Å². The predicted octanol–water partition coefficient (Wildman–Crippen LogP) is 4.24. The Kier molecular flexibility index (Phi) is 2.42. The molecule has 0 radical (unpaired) electrons. The van der Waals surface area contributed by atoms with Crippen LogP contribution in [0.15, 0.2) is 52.4 Å². The van der Waals surface area contributed by atoms with Crippen LogP contribution in [0.2, 0.25) is 0 Å². The lowest BCUT2D eigenvalue weighted by Crippen LogP contribution is -2.32. The molecule has 1 aliphatic rings. The Balaban J connectivity index is 2.26. The number of halogens is 1. The molecule has 0 bridgehead atoms. The van der Waals surface area contributed by atoms with Gasteiger partial charge in [0, 0.05) is 16.3 Å². The van der Waals surface area contributed by atoms with Crippen LogP contribution in [-0.4, -0.2) is 0 Å². The van der Waals surface area contributed by atoms with Crippen molar-refractivity contribution in [2.75, 3.05) is 0 Å². The smallest absolute Gasteiger partial charge is 0.205 e.